The van der Waals surface area contributed by atoms with Gasteiger partial charge in [-0.15, -0.1) is 0 Å². The largest absolute Gasteiger partial charge is 0.462 e. The molecule has 1 N–H and O–H groups in total. The summed E-state index contributed by atoms with van der Waals surface area (Å²) in [6, 6.07) is 6.43. The normalized spacial score (nSPS) is 25.5. The van der Waals surface area contributed by atoms with Crippen LogP contribution < -0.4 is 0 Å². The third-order valence-electron chi connectivity index (χ3n) is 4.49. The molecule has 0 aromatic carbocycles. The van der Waals surface area contributed by atoms with E-state index in [1.54, 1.807) is 24.3 Å². The van der Waals surface area contributed by atoms with Crippen molar-refractivity contribution in [1.82, 2.24) is 5.06 Å². The van der Waals surface area contributed by atoms with Crippen molar-refractivity contribution < 1.29 is 18.8 Å². The van der Waals surface area contributed by atoms with Gasteiger partial charge in [-0.05, 0) is 37.1 Å². The number of rotatable bonds is 2. The number of furan rings is 2. The lowest BCUT2D eigenvalue weighted by molar-refractivity contribution is -0.522. The highest BCUT2D eigenvalue weighted by atomic mass is 16.5. The van der Waals surface area contributed by atoms with E-state index in [0.717, 1.165) is 30.4 Å². The molecule has 1 aliphatic carbocycles. The van der Waals surface area contributed by atoms with Gasteiger partial charge in [-0.25, -0.2) is 5.06 Å². The standard InChI is InChI=1S/C16H17N2O4/c19-17-11-5-1-2-6-12(11)18(20)16(14-8-4-10-22-14)15(17)13-7-3-9-21-13/h3-4,7-12,19H,1-2,5-6H2/q+1/t11-,12-/m0/s1. The molecule has 6 nitrogen and oxygen atoms in total. The maximum Gasteiger partial charge on any atom is 0.327 e. The van der Waals surface area contributed by atoms with E-state index in [4.69, 9.17) is 8.83 Å². The first-order valence-electron chi connectivity index (χ1n) is 7.54. The summed E-state index contributed by atoms with van der Waals surface area (Å²) in [5.41, 5.74) is 0.698. The van der Waals surface area contributed by atoms with Gasteiger partial charge in [0.15, 0.2) is 11.5 Å². The Morgan fingerprint density at radius 2 is 1.77 bits per heavy atom. The molecule has 1 saturated carbocycles. The molecule has 114 valence electrons. The second-order valence-electron chi connectivity index (χ2n) is 5.74. The predicted molar refractivity (Wildman–Crippen MR) is 77.5 cm³/mol. The van der Waals surface area contributed by atoms with E-state index in [-0.39, 0.29) is 12.1 Å². The highest BCUT2D eigenvalue weighted by molar-refractivity contribution is 5.82. The summed E-state index contributed by atoms with van der Waals surface area (Å²) in [4.78, 5) is 12.9. The van der Waals surface area contributed by atoms with E-state index in [1.165, 1.54) is 17.6 Å². The molecule has 0 radical (unpaired) electrons. The number of hydroxylamine groups is 2. The number of nitroso groups, excluding NO2 is 1. The Bertz CT molecular complexity index is 703. The van der Waals surface area contributed by atoms with Gasteiger partial charge in [0, 0.05) is 16.1 Å². The monoisotopic (exact) mass is 301 g/mol. The molecule has 22 heavy (non-hydrogen) atoms. The molecule has 0 saturated heterocycles. The zero-order valence-electron chi connectivity index (χ0n) is 12.0. The average Bonchev–Trinajstić information content (AvgIpc) is 3.23. The van der Waals surface area contributed by atoms with E-state index in [1.807, 2.05) is 0 Å². The zero-order chi connectivity index (χ0) is 15.1. The minimum atomic E-state index is -0.266. The molecular weight excluding hydrogens is 284 g/mol. The molecule has 1 aliphatic heterocycles. The molecule has 1 fully saturated rings. The van der Waals surface area contributed by atoms with Crippen LogP contribution in [0.4, 0.5) is 0 Å². The summed E-state index contributed by atoms with van der Waals surface area (Å²) < 4.78 is 11.8. The van der Waals surface area contributed by atoms with E-state index in [9.17, 15) is 10.1 Å². The van der Waals surface area contributed by atoms with Crippen LogP contribution in [-0.4, -0.2) is 27.1 Å². The molecule has 0 bridgehead atoms. The van der Waals surface area contributed by atoms with Crippen molar-refractivity contribution in [2.45, 2.75) is 37.8 Å². The van der Waals surface area contributed by atoms with Gasteiger partial charge >= 0.3 is 5.70 Å². The molecule has 6 heteroatoms. The molecule has 2 atom stereocenters. The van der Waals surface area contributed by atoms with Crippen molar-refractivity contribution in [2.75, 3.05) is 0 Å². The van der Waals surface area contributed by atoms with Crippen molar-refractivity contribution in [1.29, 1.82) is 0 Å². The summed E-state index contributed by atoms with van der Waals surface area (Å²) in [6.07, 6.45) is 6.60. The first kappa shape index (κ1) is 13.3. The Balaban J connectivity index is 1.92. The Labute approximate surface area is 127 Å². The summed E-state index contributed by atoms with van der Waals surface area (Å²) in [5, 5.41) is 11.9. The zero-order valence-corrected chi connectivity index (χ0v) is 12.0. The number of hydrogen-bond donors (Lipinski definition) is 1. The lowest BCUT2D eigenvalue weighted by Gasteiger charge is -2.36. The van der Waals surface area contributed by atoms with Crippen LogP contribution in [0.15, 0.2) is 45.6 Å². The van der Waals surface area contributed by atoms with Crippen molar-refractivity contribution in [3.63, 3.8) is 0 Å². The van der Waals surface area contributed by atoms with E-state index in [0.29, 0.717) is 22.9 Å². The van der Waals surface area contributed by atoms with Gasteiger partial charge in [0.05, 0.1) is 12.5 Å². The third kappa shape index (κ3) is 1.91. The van der Waals surface area contributed by atoms with Crippen LogP contribution in [0.3, 0.4) is 0 Å². The van der Waals surface area contributed by atoms with Crippen LogP contribution in [-0.2, 0) is 0 Å². The Morgan fingerprint density at radius 3 is 2.45 bits per heavy atom. The fraction of sp³-hybridized carbons (Fsp3) is 0.375. The van der Waals surface area contributed by atoms with Crippen LogP contribution in [0.5, 0.6) is 0 Å². The summed E-state index contributed by atoms with van der Waals surface area (Å²) in [6.45, 7) is 0. The SMILES string of the molecule is O=[N+]1C(c2ccco2)=C(c2ccco2)N(O)[C@H]2CCCC[C@@H]21. The highest BCUT2D eigenvalue weighted by Crippen LogP contribution is 2.41. The second kappa shape index (κ2) is 5.14. The van der Waals surface area contributed by atoms with E-state index >= 15 is 0 Å². The lowest BCUT2D eigenvalue weighted by Crippen LogP contribution is -2.51. The van der Waals surface area contributed by atoms with Crippen molar-refractivity contribution >= 4 is 11.4 Å². The minimum absolute atomic E-state index is 0.218. The minimum Gasteiger partial charge on any atom is -0.462 e. The van der Waals surface area contributed by atoms with Crippen LogP contribution in [0.2, 0.25) is 0 Å². The Hall–Kier alpha value is -2.34. The van der Waals surface area contributed by atoms with Gasteiger partial charge in [0.1, 0.15) is 6.04 Å². The molecule has 0 unspecified atom stereocenters. The first-order chi connectivity index (χ1) is 10.8. The van der Waals surface area contributed by atoms with Crippen LogP contribution in [0.1, 0.15) is 37.2 Å². The van der Waals surface area contributed by atoms with Gasteiger partial charge in [0.2, 0.25) is 11.8 Å². The molecule has 0 amide bonds. The van der Waals surface area contributed by atoms with Crippen molar-refractivity contribution in [3.8, 4) is 0 Å². The van der Waals surface area contributed by atoms with Gasteiger partial charge < -0.3 is 8.83 Å². The molecule has 2 aromatic rings. The highest BCUT2D eigenvalue weighted by Gasteiger charge is 2.51. The van der Waals surface area contributed by atoms with Crippen LogP contribution in [0.25, 0.3) is 11.4 Å². The van der Waals surface area contributed by atoms with Crippen molar-refractivity contribution in [2.24, 2.45) is 0 Å². The second-order valence-corrected chi connectivity index (χ2v) is 5.74. The molecule has 2 aliphatic rings. The van der Waals surface area contributed by atoms with Gasteiger partial charge in [-0.1, -0.05) is 6.42 Å². The number of nitrogens with zero attached hydrogens (tertiary/aromatic N) is 2. The van der Waals surface area contributed by atoms with Crippen LogP contribution in [0, 0.1) is 4.91 Å². The van der Waals surface area contributed by atoms with Gasteiger partial charge in [-0.2, -0.15) is 0 Å². The number of hydrogen-bond acceptors (Lipinski definition) is 5. The van der Waals surface area contributed by atoms with E-state index in [2.05, 4.69) is 0 Å². The summed E-state index contributed by atoms with van der Waals surface area (Å²) in [5.74, 6) is 0.892. The average molecular weight is 301 g/mol. The molecule has 3 heterocycles. The molecule has 2 aromatic heterocycles. The fourth-order valence-corrected chi connectivity index (χ4v) is 3.48. The van der Waals surface area contributed by atoms with Crippen LogP contribution >= 0.6 is 0 Å². The van der Waals surface area contributed by atoms with Gasteiger partial charge in [-0.3, -0.25) is 5.21 Å². The summed E-state index contributed by atoms with van der Waals surface area (Å²) >= 11 is 0. The molecular formula is C16H17N2O4+. The topological polar surface area (TPSA) is 69.8 Å². The Kier molecular flexibility index (Phi) is 3.11. The Morgan fingerprint density at radius 1 is 1.09 bits per heavy atom. The van der Waals surface area contributed by atoms with E-state index < -0.39 is 0 Å². The lowest BCUT2D eigenvalue weighted by atomic mass is 9.87. The summed E-state index contributed by atoms with van der Waals surface area (Å²) in [7, 11) is 0. The fourth-order valence-electron chi connectivity index (χ4n) is 3.48. The van der Waals surface area contributed by atoms with Gasteiger partial charge in [0.25, 0.3) is 0 Å². The third-order valence-corrected chi connectivity index (χ3v) is 4.49. The number of fused-ring (bicyclic) bond motifs is 1. The predicted octanol–water partition coefficient (Wildman–Crippen LogP) is 3.49. The van der Waals surface area contributed by atoms with Crippen molar-refractivity contribution in [3.05, 3.63) is 53.2 Å². The molecule has 0 spiro atoms. The molecule has 4 rings (SSSR count). The maximum atomic E-state index is 12.9. The smallest absolute Gasteiger partial charge is 0.327 e. The quantitative estimate of drug-likeness (QED) is 0.860. The maximum absolute atomic E-state index is 12.9. The first-order valence-corrected chi connectivity index (χ1v) is 7.54.